The molecule has 0 heterocycles. The molecule has 39 nitrogen and oxygen atoms in total. The highest BCUT2D eigenvalue weighted by Crippen LogP contribution is 2.35. The summed E-state index contributed by atoms with van der Waals surface area (Å²) in [6.45, 7) is 34.6. The van der Waals surface area contributed by atoms with Crippen LogP contribution in [-0.4, -0.2) is 497 Å². The summed E-state index contributed by atoms with van der Waals surface area (Å²) in [5, 5.41) is 3.42. The lowest BCUT2D eigenvalue weighted by Gasteiger charge is -2.20. The summed E-state index contributed by atoms with van der Waals surface area (Å²) in [5.74, 6) is 2.22. The monoisotopic (exact) mass is 1940 g/mol. The second kappa shape index (κ2) is 105. The number of rotatable bonds is 114. The summed E-state index contributed by atoms with van der Waals surface area (Å²) >= 11 is 0. The summed E-state index contributed by atoms with van der Waals surface area (Å²) in [7, 11) is 3.94. The number of hydrogen-bond acceptors (Lipinski definition) is 39. The van der Waals surface area contributed by atoms with E-state index in [0.29, 0.717) is 476 Å². The molecule has 0 aromatic heterocycles. The van der Waals surface area contributed by atoms with Crippen LogP contribution < -0.4 is 30.1 Å². The Kier molecular flexibility index (Phi) is 97.6. The van der Waals surface area contributed by atoms with Crippen LogP contribution in [0.2, 0.25) is 0 Å². The van der Waals surface area contributed by atoms with Crippen LogP contribution in [0.5, 0.6) is 17.2 Å². The van der Waals surface area contributed by atoms with Gasteiger partial charge in [0.25, 0.3) is 0 Å². The molecule has 133 heavy (non-hydrogen) atoms. The number of benzene rings is 3. The van der Waals surface area contributed by atoms with E-state index in [1.54, 1.807) is 21.3 Å². The smallest absolute Gasteiger partial charge is 0.119 e. The SMILES string of the molecule is COCCOCCOCCOCCOCCOCCOCCOCCOCCOCCOCCOCCOc1ccc(P(c2ccc(OCCOCCOCCOCCOCCOCCOCCOCCOCCOCCOCCOCCOC)cc2)c2ccc(OCCOCCOCCOCCOCCOCCOCCOCCOCCOCCOCCOCCOC)cc2)cc1. The summed E-state index contributed by atoms with van der Waals surface area (Å²) in [4.78, 5) is 0. The van der Waals surface area contributed by atoms with Gasteiger partial charge in [0, 0.05) is 21.3 Å². The second-order valence-corrected chi connectivity index (χ2v) is 29.8. The lowest BCUT2D eigenvalue weighted by atomic mass is 10.3. The van der Waals surface area contributed by atoms with Crippen molar-refractivity contribution in [1.29, 1.82) is 0 Å². The van der Waals surface area contributed by atoms with Crippen LogP contribution in [-0.2, 0) is 171 Å². The molecule has 0 atom stereocenters. The quantitative estimate of drug-likeness (QED) is 0.0567. The first-order valence-corrected chi connectivity index (χ1v) is 48.1. The van der Waals surface area contributed by atoms with Crippen LogP contribution in [0.3, 0.4) is 0 Å². The molecule has 40 heteroatoms. The van der Waals surface area contributed by atoms with Gasteiger partial charge in [-0.05, 0) is 60.2 Å². The molecule has 0 N–H and O–H groups in total. The largest absolute Gasteiger partial charge is 0.491 e. The minimum absolute atomic E-state index is 0.383. The van der Waals surface area contributed by atoms with Crippen molar-refractivity contribution in [2.75, 3.05) is 497 Å². The molecule has 0 aliphatic heterocycles. The maximum absolute atomic E-state index is 6.10. The molecular weight excluding hydrogens is 1770 g/mol. The first kappa shape index (κ1) is 123. The Morgan fingerprint density at radius 3 is 0.286 bits per heavy atom. The van der Waals surface area contributed by atoms with Crippen molar-refractivity contribution in [2.24, 2.45) is 0 Å². The lowest BCUT2D eigenvalue weighted by molar-refractivity contribution is -0.0282. The van der Waals surface area contributed by atoms with E-state index in [4.69, 9.17) is 185 Å². The van der Waals surface area contributed by atoms with Gasteiger partial charge >= 0.3 is 0 Å². The summed E-state index contributed by atoms with van der Waals surface area (Å²) in [6, 6.07) is 24.7. The van der Waals surface area contributed by atoms with Crippen LogP contribution in [0.15, 0.2) is 72.8 Å². The zero-order valence-corrected chi connectivity index (χ0v) is 81.1. The molecule has 0 aliphatic rings. The van der Waals surface area contributed by atoms with Crippen molar-refractivity contribution in [3.05, 3.63) is 72.8 Å². The minimum atomic E-state index is -0.993. The molecule has 3 aromatic carbocycles. The molecule has 0 bridgehead atoms. The second-order valence-electron chi connectivity index (χ2n) is 27.5. The molecule has 0 spiro atoms. The van der Waals surface area contributed by atoms with Crippen molar-refractivity contribution in [3.8, 4) is 17.2 Å². The highest BCUT2D eigenvalue weighted by Gasteiger charge is 2.18. The van der Waals surface area contributed by atoms with Gasteiger partial charge < -0.3 is 185 Å². The van der Waals surface area contributed by atoms with Gasteiger partial charge in [0.15, 0.2) is 0 Å². The maximum Gasteiger partial charge on any atom is 0.119 e. The molecule has 3 rings (SSSR count). The van der Waals surface area contributed by atoms with E-state index < -0.39 is 7.92 Å². The molecule has 3 aromatic rings. The van der Waals surface area contributed by atoms with Crippen molar-refractivity contribution < 1.29 is 185 Å². The van der Waals surface area contributed by atoms with Gasteiger partial charge in [0.2, 0.25) is 0 Å². The third-order valence-electron chi connectivity index (χ3n) is 17.2. The number of ether oxygens (including phenoxy) is 39. The maximum atomic E-state index is 6.10. The van der Waals surface area contributed by atoms with E-state index in [0.717, 1.165) is 33.2 Å². The van der Waals surface area contributed by atoms with Crippen LogP contribution in [0, 0.1) is 0 Å². The summed E-state index contributed by atoms with van der Waals surface area (Å²) in [6.07, 6.45) is 0. The first-order chi connectivity index (χ1) is 66.2. The van der Waals surface area contributed by atoms with Gasteiger partial charge in [-0.2, -0.15) is 0 Å². The molecular formula is C93H165O39P. The molecule has 0 radical (unpaired) electrons. The van der Waals surface area contributed by atoms with Crippen molar-refractivity contribution >= 4 is 23.8 Å². The Hall–Kier alpha value is -3.95. The van der Waals surface area contributed by atoms with E-state index in [2.05, 4.69) is 36.4 Å². The van der Waals surface area contributed by atoms with Crippen molar-refractivity contribution in [1.82, 2.24) is 0 Å². The fourth-order valence-electron chi connectivity index (χ4n) is 10.5. The van der Waals surface area contributed by atoms with Crippen molar-refractivity contribution in [3.63, 3.8) is 0 Å². The Labute approximate surface area is 792 Å². The summed E-state index contributed by atoms with van der Waals surface area (Å²) < 4.78 is 217. The Morgan fingerprint density at radius 2 is 0.195 bits per heavy atom. The lowest BCUT2D eigenvalue weighted by Crippen LogP contribution is -2.21. The molecule has 0 saturated carbocycles. The van der Waals surface area contributed by atoms with E-state index in [1.807, 2.05) is 36.4 Å². The Balaban J connectivity index is 1.21. The normalized spacial score (nSPS) is 11.7. The van der Waals surface area contributed by atoms with Crippen LogP contribution in [0.4, 0.5) is 0 Å². The summed E-state index contributed by atoms with van der Waals surface area (Å²) in [5.41, 5.74) is 0. The molecule has 0 unspecified atom stereocenters. The highest BCUT2D eigenvalue weighted by atomic mass is 31.1. The molecule has 0 aliphatic carbocycles. The van der Waals surface area contributed by atoms with Crippen LogP contribution in [0.1, 0.15) is 0 Å². The number of methoxy groups -OCH3 is 3. The van der Waals surface area contributed by atoms with Crippen molar-refractivity contribution in [2.45, 2.75) is 0 Å². The molecule has 776 valence electrons. The first-order valence-electron chi connectivity index (χ1n) is 46.8. The predicted octanol–water partition coefficient (Wildman–Crippen LogP) is 4.07. The minimum Gasteiger partial charge on any atom is -0.491 e. The average molecular weight is 1940 g/mol. The fraction of sp³-hybridized carbons (Fsp3) is 0.806. The van der Waals surface area contributed by atoms with E-state index in [-0.39, 0.29) is 0 Å². The van der Waals surface area contributed by atoms with E-state index in [9.17, 15) is 0 Å². The van der Waals surface area contributed by atoms with Gasteiger partial charge in [-0.1, -0.05) is 36.4 Å². The zero-order chi connectivity index (χ0) is 94.0. The third kappa shape index (κ3) is 88.0. The third-order valence-corrected chi connectivity index (χ3v) is 19.7. The highest BCUT2D eigenvalue weighted by molar-refractivity contribution is 7.79. The topological polar surface area (TPSA) is 360 Å². The average Bonchev–Trinajstić information content (AvgIpc) is 0.805. The van der Waals surface area contributed by atoms with Gasteiger partial charge in [-0.15, -0.1) is 0 Å². The van der Waals surface area contributed by atoms with Gasteiger partial charge in [-0.25, -0.2) is 0 Å². The molecule has 0 amide bonds. The Bertz CT molecular complexity index is 2420. The molecule has 0 fully saturated rings. The standard InChI is InChI=1S/C93H165O39P/c1-94-16-19-97-22-25-100-28-31-103-34-37-106-40-43-109-46-49-112-52-55-115-58-61-118-64-67-121-70-73-124-76-79-127-82-85-130-88-4-10-91(11-5-88)133(92-12-6-89(7-13-92)131-86-83-128-80-77-125-74-71-122-68-65-119-62-59-116-56-53-113-50-47-110-44-41-107-38-35-104-32-29-101-26-23-98-20-17-95-2)93-14-8-90(9-15-93)132-87-84-129-81-78-126-75-72-123-69-66-120-63-60-117-57-54-114-51-48-111-45-42-108-39-36-105-33-30-102-27-24-99-21-18-96-3/h4-15H,16-87H2,1-3H3. The van der Waals surface area contributed by atoms with Gasteiger partial charge in [-0.3, -0.25) is 0 Å². The van der Waals surface area contributed by atoms with Crippen LogP contribution in [0.25, 0.3) is 0 Å². The predicted molar refractivity (Wildman–Crippen MR) is 494 cm³/mol. The van der Waals surface area contributed by atoms with Gasteiger partial charge in [0.1, 0.15) is 37.1 Å². The fourth-order valence-corrected chi connectivity index (χ4v) is 12.7. The molecule has 0 saturated heterocycles. The van der Waals surface area contributed by atoms with Crippen LogP contribution >= 0.6 is 7.92 Å². The Morgan fingerprint density at radius 1 is 0.113 bits per heavy atom. The van der Waals surface area contributed by atoms with Gasteiger partial charge in [0.05, 0.1) is 456 Å². The number of hydrogen-bond donors (Lipinski definition) is 0. The van der Waals surface area contributed by atoms with E-state index >= 15 is 0 Å². The zero-order valence-electron chi connectivity index (χ0n) is 80.2. The van der Waals surface area contributed by atoms with E-state index in [1.165, 1.54) is 0 Å².